The molecular weight excluding hydrogens is 544 g/mol. The fourth-order valence-corrected chi connectivity index (χ4v) is 4.38. The molecule has 4 aromatic rings. The average Bonchev–Trinajstić information content (AvgIpc) is 3.30. The summed E-state index contributed by atoms with van der Waals surface area (Å²) in [5.74, 6) is -1.32. The highest BCUT2D eigenvalue weighted by Gasteiger charge is 2.27. The van der Waals surface area contributed by atoms with Crippen LogP contribution in [0.4, 0.5) is 10.3 Å². The van der Waals surface area contributed by atoms with Crippen LogP contribution >= 0.6 is 24.8 Å². The van der Waals surface area contributed by atoms with Gasteiger partial charge in [-0.3, -0.25) is 9.59 Å². The zero-order valence-electron chi connectivity index (χ0n) is 21.3. The maximum atomic E-state index is 14.3. The molecule has 3 aromatic carbocycles. The second kappa shape index (κ2) is 11.5. The van der Waals surface area contributed by atoms with Crippen molar-refractivity contribution >= 4 is 53.5 Å². The number of nitrogens with two attached hydrogens (primary N) is 2. The molecule has 0 spiro atoms. The van der Waals surface area contributed by atoms with E-state index >= 15 is 0 Å². The Balaban J connectivity index is 0.00000210. The smallest absolute Gasteiger partial charge is 0.325 e. The Bertz CT molecular complexity index is 1530. The number of amides is 1. The predicted octanol–water partition coefficient (Wildman–Crippen LogP) is 4.80. The van der Waals surface area contributed by atoms with Gasteiger partial charge in [0.25, 0.3) is 5.91 Å². The molecule has 1 aromatic heterocycles. The van der Waals surface area contributed by atoms with Crippen LogP contribution in [-0.2, 0) is 29.2 Å². The number of carbonyl (C=O) groups is 2. The van der Waals surface area contributed by atoms with Gasteiger partial charge >= 0.3 is 5.97 Å². The lowest BCUT2D eigenvalue weighted by Crippen LogP contribution is -2.42. The number of nitrogen functional groups attached to an aromatic ring is 1. The first-order valence-electron chi connectivity index (χ1n) is 11.8. The topological polar surface area (TPSA) is 124 Å². The summed E-state index contributed by atoms with van der Waals surface area (Å²) < 4.78 is 19.7. The Morgan fingerprint density at radius 2 is 1.67 bits per heavy atom. The number of fused-ring (bicyclic) bond motifs is 2. The number of ether oxygens (including phenoxy) is 1. The lowest BCUT2D eigenvalue weighted by atomic mass is 9.97. The highest BCUT2D eigenvalue weighted by Crippen LogP contribution is 2.31. The molecule has 0 radical (unpaired) electrons. The summed E-state index contributed by atoms with van der Waals surface area (Å²) in [6, 6.07) is 17.3. The Morgan fingerprint density at radius 3 is 2.31 bits per heavy atom. The first-order chi connectivity index (χ1) is 17.6. The molecular formula is C28H28Cl2FN5O3. The molecule has 8 nitrogen and oxygen atoms in total. The van der Waals surface area contributed by atoms with Crippen LogP contribution in [0.3, 0.4) is 0 Å². The van der Waals surface area contributed by atoms with Crippen molar-refractivity contribution in [1.29, 1.82) is 0 Å². The molecule has 1 amide bonds. The van der Waals surface area contributed by atoms with E-state index in [1.165, 1.54) is 12.1 Å². The molecule has 11 heteroatoms. The van der Waals surface area contributed by atoms with Crippen molar-refractivity contribution in [3.8, 4) is 11.1 Å². The maximum absolute atomic E-state index is 14.3. The summed E-state index contributed by atoms with van der Waals surface area (Å²) in [5.41, 5.74) is 15.1. The molecule has 0 aliphatic carbocycles. The van der Waals surface area contributed by atoms with Gasteiger partial charge < -0.3 is 21.1 Å². The number of anilines is 1. The normalized spacial score (nSPS) is 12.4. The van der Waals surface area contributed by atoms with E-state index in [1.54, 1.807) is 43.0 Å². The summed E-state index contributed by atoms with van der Waals surface area (Å²) in [7, 11) is 0. The summed E-state index contributed by atoms with van der Waals surface area (Å²) in [5, 5.41) is 0.489. The molecule has 1 aliphatic heterocycles. The van der Waals surface area contributed by atoms with Gasteiger partial charge in [0, 0.05) is 18.5 Å². The van der Waals surface area contributed by atoms with Crippen LogP contribution < -0.4 is 11.5 Å². The van der Waals surface area contributed by atoms with Crippen molar-refractivity contribution in [1.82, 2.24) is 14.9 Å². The van der Waals surface area contributed by atoms with E-state index in [2.05, 4.69) is 9.97 Å². The number of nitrogens with zero attached hydrogens (tertiary/aromatic N) is 3. The van der Waals surface area contributed by atoms with Crippen molar-refractivity contribution in [2.45, 2.75) is 39.1 Å². The molecule has 0 atom stereocenters. The Hall–Kier alpha value is -3.79. The standard InChI is InChI=1S/C28H26FN5O3.2ClH/c1-28(2,31)26(36)37-15-19-7-9-20(29)12-21(19)16-8-10-23-22(11-16)24(33-27(30)32-23)25(35)34-13-17-5-3-4-6-18(17)14-34;;/h3-12H,13-15,31H2,1-2H3,(H2,30,32,33);2*1H. The predicted molar refractivity (Wildman–Crippen MR) is 152 cm³/mol. The van der Waals surface area contributed by atoms with E-state index in [1.807, 2.05) is 24.3 Å². The molecule has 2 heterocycles. The zero-order valence-corrected chi connectivity index (χ0v) is 22.9. The summed E-state index contributed by atoms with van der Waals surface area (Å²) in [4.78, 5) is 36.0. The maximum Gasteiger partial charge on any atom is 0.325 e. The molecule has 5 rings (SSSR count). The Kier molecular flexibility index (Phi) is 8.80. The van der Waals surface area contributed by atoms with Gasteiger partial charge in [-0.05, 0) is 65.9 Å². The van der Waals surface area contributed by atoms with E-state index < -0.39 is 17.3 Å². The number of benzene rings is 3. The molecule has 4 N–H and O–H groups in total. The summed E-state index contributed by atoms with van der Waals surface area (Å²) in [6.45, 7) is 3.94. The third-order valence-corrected chi connectivity index (χ3v) is 6.31. The van der Waals surface area contributed by atoms with Crippen LogP contribution in [0.2, 0.25) is 0 Å². The van der Waals surface area contributed by atoms with E-state index in [-0.39, 0.29) is 49.0 Å². The van der Waals surface area contributed by atoms with E-state index in [4.69, 9.17) is 16.2 Å². The number of halogens is 3. The number of hydrogen-bond donors (Lipinski definition) is 2. The number of carbonyl (C=O) groups excluding carboxylic acids is 2. The van der Waals surface area contributed by atoms with Gasteiger partial charge in [-0.2, -0.15) is 0 Å². The largest absolute Gasteiger partial charge is 0.459 e. The summed E-state index contributed by atoms with van der Waals surface area (Å²) in [6.07, 6.45) is 0. The molecule has 0 saturated carbocycles. The molecule has 0 unspecified atom stereocenters. The highest BCUT2D eigenvalue weighted by molar-refractivity contribution is 6.06. The van der Waals surface area contributed by atoms with Gasteiger partial charge in [0.1, 0.15) is 23.7 Å². The van der Waals surface area contributed by atoms with E-state index in [0.29, 0.717) is 40.7 Å². The minimum Gasteiger partial charge on any atom is -0.459 e. The van der Waals surface area contributed by atoms with Crippen molar-refractivity contribution in [2.24, 2.45) is 5.73 Å². The van der Waals surface area contributed by atoms with Crippen LogP contribution in [0.25, 0.3) is 22.0 Å². The second-order valence-corrected chi connectivity index (χ2v) is 9.69. The average molecular weight is 572 g/mol. The van der Waals surface area contributed by atoms with Gasteiger partial charge in [-0.1, -0.05) is 36.4 Å². The van der Waals surface area contributed by atoms with Crippen LogP contribution in [0.5, 0.6) is 0 Å². The second-order valence-electron chi connectivity index (χ2n) is 9.69. The Morgan fingerprint density at radius 1 is 1.00 bits per heavy atom. The fraction of sp³-hybridized carbons (Fsp3) is 0.214. The van der Waals surface area contributed by atoms with Gasteiger partial charge in [0.05, 0.1) is 5.52 Å². The van der Waals surface area contributed by atoms with Gasteiger partial charge in [0.2, 0.25) is 5.95 Å². The quantitative estimate of drug-likeness (QED) is 0.329. The summed E-state index contributed by atoms with van der Waals surface area (Å²) >= 11 is 0. The third-order valence-electron chi connectivity index (χ3n) is 6.31. The molecule has 1 aliphatic rings. The van der Waals surface area contributed by atoms with Crippen LogP contribution in [0.15, 0.2) is 60.7 Å². The van der Waals surface area contributed by atoms with Crippen LogP contribution in [-0.4, -0.2) is 32.3 Å². The SMILES string of the molecule is CC(C)(N)C(=O)OCc1ccc(F)cc1-c1ccc2nc(N)nc(C(=O)N3Cc4ccccc4C3)c2c1.Cl.Cl. The van der Waals surface area contributed by atoms with Crippen LogP contribution in [0.1, 0.15) is 41.0 Å². The minimum absolute atomic E-state index is 0. The van der Waals surface area contributed by atoms with Crippen molar-refractivity contribution in [3.05, 3.63) is 88.9 Å². The first kappa shape index (κ1) is 29.8. The molecule has 0 bridgehead atoms. The van der Waals surface area contributed by atoms with Crippen molar-refractivity contribution in [3.63, 3.8) is 0 Å². The molecule has 0 fully saturated rings. The minimum atomic E-state index is -1.16. The lowest BCUT2D eigenvalue weighted by molar-refractivity contribution is -0.150. The number of rotatable bonds is 5. The van der Waals surface area contributed by atoms with Gasteiger partial charge in [-0.15, -0.1) is 24.8 Å². The first-order valence-corrected chi connectivity index (χ1v) is 11.8. The van der Waals surface area contributed by atoms with Crippen molar-refractivity contribution in [2.75, 3.05) is 5.73 Å². The van der Waals surface area contributed by atoms with E-state index in [0.717, 1.165) is 11.1 Å². The highest BCUT2D eigenvalue weighted by atomic mass is 35.5. The van der Waals surface area contributed by atoms with E-state index in [9.17, 15) is 14.0 Å². The molecule has 39 heavy (non-hydrogen) atoms. The lowest BCUT2D eigenvalue weighted by Gasteiger charge is -2.18. The number of esters is 1. The van der Waals surface area contributed by atoms with Gasteiger partial charge in [0.15, 0.2) is 0 Å². The number of hydrogen-bond acceptors (Lipinski definition) is 7. The number of aromatic nitrogens is 2. The van der Waals surface area contributed by atoms with Crippen molar-refractivity contribution < 1.29 is 18.7 Å². The molecule has 0 saturated heterocycles. The van der Waals surface area contributed by atoms with Gasteiger partial charge in [-0.25, -0.2) is 14.4 Å². The third kappa shape index (κ3) is 6.11. The van der Waals surface area contributed by atoms with Crippen LogP contribution in [0, 0.1) is 5.82 Å². The zero-order chi connectivity index (χ0) is 26.3. The molecule has 204 valence electrons. The monoisotopic (exact) mass is 571 g/mol. The fourth-order valence-electron chi connectivity index (χ4n) is 4.38. The Labute approximate surface area is 237 Å².